The second-order valence-corrected chi connectivity index (χ2v) is 4.52. The van der Waals surface area contributed by atoms with Crippen LogP contribution < -0.4 is 10.9 Å². The molecule has 0 fully saturated rings. The van der Waals surface area contributed by atoms with Gasteiger partial charge in [0, 0.05) is 5.56 Å². The molecular weight excluding hydrogens is 248 g/mol. The first-order valence-corrected chi connectivity index (χ1v) is 6.55. The quantitative estimate of drug-likeness (QED) is 0.834. The Kier molecular flexibility index (Phi) is 4.56. The number of benzene rings is 2. The zero-order chi connectivity index (χ0) is 14.4. The van der Waals surface area contributed by atoms with Crippen LogP contribution in [-0.2, 0) is 0 Å². The summed E-state index contributed by atoms with van der Waals surface area (Å²) in [5.41, 5.74) is 9.28. The Balaban J connectivity index is 2.03. The van der Waals surface area contributed by atoms with Gasteiger partial charge in [-0.2, -0.15) is 0 Å². The number of aryl methyl sites for hydroxylation is 1. The molecule has 0 atom stereocenters. The molecule has 0 saturated heterocycles. The Morgan fingerprint density at radius 2 is 1.65 bits per heavy atom. The summed E-state index contributed by atoms with van der Waals surface area (Å²) in [6.45, 7) is 3.89. The summed E-state index contributed by atoms with van der Waals surface area (Å²) in [5.74, 6) is -0.149. The average molecular weight is 266 g/mol. The van der Waals surface area contributed by atoms with Crippen molar-refractivity contribution in [1.29, 1.82) is 0 Å². The van der Waals surface area contributed by atoms with Crippen molar-refractivity contribution in [3.63, 3.8) is 0 Å². The van der Waals surface area contributed by atoms with Gasteiger partial charge in [0.25, 0.3) is 5.91 Å². The number of carbonyl (C=O) groups excluding carboxylic acids is 1. The Morgan fingerprint density at radius 1 is 0.950 bits per heavy atom. The summed E-state index contributed by atoms with van der Waals surface area (Å²) in [7, 11) is 0. The molecule has 3 nitrogen and oxygen atoms in total. The van der Waals surface area contributed by atoms with E-state index >= 15 is 0 Å². The molecular formula is C17H18N2O. The van der Waals surface area contributed by atoms with Crippen LogP contribution in [0, 0.1) is 6.92 Å². The number of amides is 1. The molecule has 2 rings (SSSR count). The normalized spacial score (nSPS) is 11.0. The third-order valence-electron chi connectivity index (χ3n) is 2.96. The smallest absolute Gasteiger partial charge is 0.269 e. The van der Waals surface area contributed by atoms with Crippen molar-refractivity contribution in [2.24, 2.45) is 0 Å². The van der Waals surface area contributed by atoms with Crippen LogP contribution in [0.5, 0.6) is 0 Å². The van der Waals surface area contributed by atoms with Gasteiger partial charge >= 0.3 is 0 Å². The number of hydrogen-bond acceptors (Lipinski definition) is 2. The van der Waals surface area contributed by atoms with Crippen molar-refractivity contribution >= 4 is 11.6 Å². The van der Waals surface area contributed by atoms with E-state index in [0.29, 0.717) is 5.56 Å². The highest BCUT2D eigenvalue weighted by Crippen LogP contribution is 2.09. The predicted octanol–water partition coefficient (Wildman–Crippen LogP) is 3.29. The molecule has 2 aromatic rings. The maximum Gasteiger partial charge on any atom is 0.269 e. The van der Waals surface area contributed by atoms with Crippen LogP contribution in [0.2, 0.25) is 0 Å². The Hall–Kier alpha value is -2.55. The summed E-state index contributed by atoms with van der Waals surface area (Å²) in [6.07, 6.45) is 1.92. The van der Waals surface area contributed by atoms with Gasteiger partial charge in [-0.1, -0.05) is 54.1 Å². The number of nitrogens with one attached hydrogen (secondary N) is 2. The second kappa shape index (κ2) is 6.57. The van der Waals surface area contributed by atoms with E-state index < -0.39 is 0 Å². The van der Waals surface area contributed by atoms with Crippen LogP contribution in [0.15, 0.2) is 60.7 Å². The van der Waals surface area contributed by atoms with Crippen LogP contribution in [0.4, 0.5) is 0 Å². The van der Waals surface area contributed by atoms with E-state index in [-0.39, 0.29) is 5.91 Å². The topological polar surface area (TPSA) is 41.1 Å². The molecule has 0 aliphatic rings. The molecule has 102 valence electrons. The largest absolute Gasteiger partial charge is 0.298 e. The average Bonchev–Trinajstić information content (AvgIpc) is 2.49. The number of hydrazine groups is 1. The van der Waals surface area contributed by atoms with E-state index in [9.17, 15) is 4.79 Å². The van der Waals surface area contributed by atoms with Crippen LogP contribution >= 0.6 is 0 Å². The van der Waals surface area contributed by atoms with Gasteiger partial charge < -0.3 is 0 Å². The lowest BCUT2D eigenvalue weighted by atomic mass is 10.1. The Bertz CT molecular complexity index is 618. The van der Waals surface area contributed by atoms with Gasteiger partial charge in [-0.3, -0.25) is 15.6 Å². The van der Waals surface area contributed by atoms with Crippen molar-refractivity contribution < 1.29 is 4.79 Å². The lowest BCUT2D eigenvalue weighted by molar-refractivity contribution is 0.0942. The fourth-order valence-corrected chi connectivity index (χ4v) is 1.91. The summed E-state index contributed by atoms with van der Waals surface area (Å²) in [6, 6.07) is 17.3. The maximum absolute atomic E-state index is 12.0. The molecule has 0 bridgehead atoms. The molecule has 0 heterocycles. The molecule has 2 aromatic carbocycles. The number of hydrogen-bond donors (Lipinski definition) is 2. The fourth-order valence-electron chi connectivity index (χ4n) is 1.91. The molecule has 1 amide bonds. The minimum atomic E-state index is -0.149. The molecule has 0 spiro atoms. The molecule has 0 aliphatic carbocycles. The first kappa shape index (κ1) is 13.9. The molecule has 3 heteroatoms. The summed E-state index contributed by atoms with van der Waals surface area (Å²) in [5, 5.41) is 0. The van der Waals surface area contributed by atoms with E-state index in [0.717, 1.165) is 16.8 Å². The third kappa shape index (κ3) is 3.48. The predicted molar refractivity (Wildman–Crippen MR) is 81.9 cm³/mol. The van der Waals surface area contributed by atoms with E-state index in [1.165, 1.54) is 0 Å². The first-order valence-electron chi connectivity index (χ1n) is 6.55. The monoisotopic (exact) mass is 266 g/mol. The van der Waals surface area contributed by atoms with Crippen molar-refractivity contribution in [1.82, 2.24) is 10.9 Å². The van der Waals surface area contributed by atoms with Gasteiger partial charge in [-0.25, -0.2) is 0 Å². The van der Waals surface area contributed by atoms with Gasteiger partial charge in [-0.15, -0.1) is 0 Å². The van der Waals surface area contributed by atoms with Gasteiger partial charge in [0.15, 0.2) is 0 Å². The highest BCUT2D eigenvalue weighted by molar-refractivity contribution is 5.94. The fraction of sp³-hybridized carbons (Fsp3) is 0.118. The summed E-state index contributed by atoms with van der Waals surface area (Å²) < 4.78 is 0. The Labute approximate surface area is 119 Å². The maximum atomic E-state index is 12.0. The SMILES string of the molecule is C/C=C(\NNC(=O)c1cccc(C)c1)c1ccccc1. The highest BCUT2D eigenvalue weighted by Gasteiger charge is 2.06. The zero-order valence-electron chi connectivity index (χ0n) is 11.7. The van der Waals surface area contributed by atoms with Crippen LogP contribution in [0.1, 0.15) is 28.4 Å². The van der Waals surface area contributed by atoms with Gasteiger partial charge in [-0.05, 0) is 31.5 Å². The summed E-state index contributed by atoms with van der Waals surface area (Å²) in [4.78, 5) is 12.0. The van der Waals surface area contributed by atoms with Crippen molar-refractivity contribution in [2.75, 3.05) is 0 Å². The number of allylic oxidation sites excluding steroid dienone is 1. The second-order valence-electron chi connectivity index (χ2n) is 4.52. The van der Waals surface area contributed by atoms with Crippen LogP contribution in [0.3, 0.4) is 0 Å². The van der Waals surface area contributed by atoms with Crippen LogP contribution in [-0.4, -0.2) is 5.91 Å². The molecule has 2 N–H and O–H groups in total. The molecule has 0 saturated carbocycles. The lowest BCUT2D eigenvalue weighted by Gasteiger charge is -2.12. The Morgan fingerprint density at radius 3 is 2.30 bits per heavy atom. The molecule has 0 radical (unpaired) electrons. The molecule has 0 aliphatic heterocycles. The molecule has 20 heavy (non-hydrogen) atoms. The van der Waals surface area contributed by atoms with Crippen molar-refractivity contribution in [2.45, 2.75) is 13.8 Å². The molecule has 0 unspecified atom stereocenters. The molecule has 0 aromatic heterocycles. The van der Waals surface area contributed by atoms with E-state index in [2.05, 4.69) is 10.9 Å². The first-order chi connectivity index (χ1) is 9.70. The zero-order valence-corrected chi connectivity index (χ0v) is 11.7. The van der Waals surface area contributed by atoms with Crippen molar-refractivity contribution in [3.8, 4) is 0 Å². The van der Waals surface area contributed by atoms with E-state index in [1.807, 2.05) is 68.5 Å². The van der Waals surface area contributed by atoms with Crippen LogP contribution in [0.25, 0.3) is 5.70 Å². The standard InChI is InChI=1S/C17H18N2O/c1-3-16(14-9-5-4-6-10-14)18-19-17(20)15-11-7-8-13(2)12-15/h3-12,18H,1-2H3,(H,19,20)/b16-3-. The van der Waals surface area contributed by atoms with Crippen molar-refractivity contribution in [3.05, 3.63) is 77.4 Å². The summed E-state index contributed by atoms with van der Waals surface area (Å²) >= 11 is 0. The van der Waals surface area contributed by atoms with E-state index in [1.54, 1.807) is 6.07 Å². The number of carbonyl (C=O) groups is 1. The van der Waals surface area contributed by atoms with E-state index in [4.69, 9.17) is 0 Å². The minimum absolute atomic E-state index is 0.149. The number of rotatable bonds is 4. The third-order valence-corrected chi connectivity index (χ3v) is 2.96. The minimum Gasteiger partial charge on any atom is -0.298 e. The van der Waals surface area contributed by atoms with Gasteiger partial charge in [0.2, 0.25) is 0 Å². The highest BCUT2D eigenvalue weighted by atomic mass is 16.2. The lowest BCUT2D eigenvalue weighted by Crippen LogP contribution is -2.36. The van der Waals surface area contributed by atoms with Gasteiger partial charge in [0.1, 0.15) is 0 Å². The van der Waals surface area contributed by atoms with Gasteiger partial charge in [0.05, 0.1) is 5.70 Å².